The van der Waals surface area contributed by atoms with Crippen molar-refractivity contribution in [2.75, 3.05) is 26.2 Å². The van der Waals surface area contributed by atoms with Crippen molar-refractivity contribution < 1.29 is 8.42 Å². The van der Waals surface area contributed by atoms with E-state index in [0.717, 1.165) is 24.1 Å². The van der Waals surface area contributed by atoms with Crippen LogP contribution in [0.15, 0.2) is 33.6 Å². The summed E-state index contributed by atoms with van der Waals surface area (Å²) in [6.07, 6.45) is 3.84. The number of nitrogens with one attached hydrogen (secondary N) is 1. The predicted molar refractivity (Wildman–Crippen MR) is 88.8 cm³/mol. The zero-order chi connectivity index (χ0) is 15.3. The lowest BCUT2D eigenvalue weighted by Crippen LogP contribution is -2.38. The summed E-state index contributed by atoms with van der Waals surface area (Å²) in [5.41, 5.74) is 0. The van der Waals surface area contributed by atoms with Gasteiger partial charge in [0.1, 0.15) is 0 Å². The molecule has 0 saturated carbocycles. The minimum absolute atomic E-state index is 0.307. The molecule has 1 N–H and O–H groups in total. The maximum Gasteiger partial charge on any atom is 0.240 e. The van der Waals surface area contributed by atoms with E-state index in [2.05, 4.69) is 32.5 Å². The molecule has 0 aliphatic carbocycles. The molecule has 4 nitrogen and oxygen atoms in total. The average molecular weight is 375 g/mol. The van der Waals surface area contributed by atoms with Crippen LogP contribution in [0.1, 0.15) is 26.2 Å². The first-order valence-corrected chi connectivity index (χ1v) is 9.72. The minimum Gasteiger partial charge on any atom is -0.303 e. The molecule has 0 spiro atoms. The van der Waals surface area contributed by atoms with E-state index in [9.17, 15) is 8.42 Å². The van der Waals surface area contributed by atoms with Crippen LogP contribution in [0.3, 0.4) is 0 Å². The van der Waals surface area contributed by atoms with Crippen LogP contribution < -0.4 is 4.72 Å². The van der Waals surface area contributed by atoms with Crippen LogP contribution in [0.2, 0.25) is 0 Å². The normalized spacial score (nSPS) is 18.6. The van der Waals surface area contributed by atoms with Gasteiger partial charge in [-0.25, -0.2) is 13.1 Å². The number of benzene rings is 1. The second-order valence-electron chi connectivity index (χ2n) is 5.78. The van der Waals surface area contributed by atoms with Crippen LogP contribution in [0.4, 0.5) is 0 Å². The molecule has 0 amide bonds. The summed E-state index contributed by atoms with van der Waals surface area (Å²) in [5.74, 6) is 0.310. The Kier molecular flexibility index (Phi) is 6.22. The standard InChI is InChI=1S/C15H23BrN2O2S/c1-13(12-18-8-3-2-4-9-18)11-17-21(19,20)15-7-5-6-14(16)10-15/h5-7,10,13,17H,2-4,8-9,11-12H2,1H3. The Labute approximate surface area is 136 Å². The molecule has 1 saturated heterocycles. The van der Waals surface area contributed by atoms with Crippen LogP contribution in [0, 0.1) is 5.92 Å². The lowest BCUT2D eigenvalue weighted by molar-refractivity contribution is 0.201. The molecule has 118 valence electrons. The molecule has 1 aromatic carbocycles. The third kappa shape index (κ3) is 5.36. The topological polar surface area (TPSA) is 49.4 Å². The zero-order valence-corrected chi connectivity index (χ0v) is 14.8. The third-order valence-corrected chi connectivity index (χ3v) is 5.66. The molecule has 1 atom stereocenters. The molecular formula is C15H23BrN2O2S. The van der Waals surface area contributed by atoms with E-state index in [4.69, 9.17) is 0 Å². The van der Waals surface area contributed by atoms with Gasteiger partial charge in [-0.15, -0.1) is 0 Å². The molecular weight excluding hydrogens is 352 g/mol. The Hall–Kier alpha value is -0.430. The summed E-state index contributed by atoms with van der Waals surface area (Å²) in [4.78, 5) is 2.74. The molecule has 1 aliphatic rings. The second-order valence-corrected chi connectivity index (χ2v) is 8.46. The molecule has 2 rings (SSSR count). The van der Waals surface area contributed by atoms with Crippen molar-refractivity contribution in [1.82, 2.24) is 9.62 Å². The summed E-state index contributed by atoms with van der Waals surface area (Å²) in [7, 11) is -3.42. The SMILES string of the molecule is CC(CNS(=O)(=O)c1cccc(Br)c1)CN1CCCCC1. The highest BCUT2D eigenvalue weighted by molar-refractivity contribution is 9.10. The quantitative estimate of drug-likeness (QED) is 0.832. The van der Waals surface area contributed by atoms with Crippen molar-refractivity contribution in [1.29, 1.82) is 0 Å². The highest BCUT2D eigenvalue weighted by atomic mass is 79.9. The van der Waals surface area contributed by atoms with Crippen molar-refractivity contribution in [3.8, 4) is 0 Å². The largest absolute Gasteiger partial charge is 0.303 e. The summed E-state index contributed by atoms with van der Waals surface area (Å²) in [6, 6.07) is 6.79. The molecule has 0 bridgehead atoms. The molecule has 1 heterocycles. The van der Waals surface area contributed by atoms with Crippen molar-refractivity contribution in [3.05, 3.63) is 28.7 Å². The van der Waals surface area contributed by atoms with Crippen molar-refractivity contribution >= 4 is 26.0 Å². The summed E-state index contributed by atoms with van der Waals surface area (Å²) >= 11 is 3.30. The van der Waals surface area contributed by atoms with E-state index < -0.39 is 10.0 Å². The van der Waals surface area contributed by atoms with Gasteiger partial charge in [-0.05, 0) is 50.0 Å². The Morgan fingerprint density at radius 2 is 2.00 bits per heavy atom. The first kappa shape index (κ1) is 16.9. The zero-order valence-electron chi connectivity index (χ0n) is 12.4. The van der Waals surface area contributed by atoms with Crippen molar-refractivity contribution in [2.45, 2.75) is 31.1 Å². The Morgan fingerprint density at radius 3 is 2.67 bits per heavy atom. The molecule has 1 fully saturated rings. The molecule has 0 radical (unpaired) electrons. The fraction of sp³-hybridized carbons (Fsp3) is 0.600. The fourth-order valence-corrected chi connectivity index (χ4v) is 4.38. The van der Waals surface area contributed by atoms with Crippen molar-refractivity contribution in [3.63, 3.8) is 0 Å². The van der Waals surface area contributed by atoms with E-state index in [-0.39, 0.29) is 0 Å². The number of halogens is 1. The van der Waals surface area contributed by atoms with Crippen LogP contribution in [-0.2, 0) is 10.0 Å². The maximum atomic E-state index is 12.2. The third-order valence-electron chi connectivity index (χ3n) is 3.75. The van der Waals surface area contributed by atoms with E-state index in [1.807, 2.05) is 6.07 Å². The highest BCUT2D eigenvalue weighted by Crippen LogP contribution is 2.16. The number of likely N-dealkylation sites (tertiary alicyclic amines) is 1. The Bertz CT molecular complexity index is 557. The molecule has 21 heavy (non-hydrogen) atoms. The second kappa shape index (κ2) is 7.72. The first-order valence-electron chi connectivity index (χ1n) is 7.45. The number of sulfonamides is 1. The molecule has 1 aromatic rings. The molecule has 0 aromatic heterocycles. The number of piperidine rings is 1. The van der Waals surface area contributed by atoms with E-state index in [0.29, 0.717) is 17.4 Å². The van der Waals surface area contributed by atoms with Crippen LogP contribution >= 0.6 is 15.9 Å². The number of nitrogens with zero attached hydrogens (tertiary/aromatic N) is 1. The van der Waals surface area contributed by atoms with Gasteiger partial charge in [-0.2, -0.15) is 0 Å². The maximum absolute atomic E-state index is 12.2. The van der Waals surface area contributed by atoms with E-state index >= 15 is 0 Å². The van der Waals surface area contributed by atoms with Gasteiger partial charge in [0.25, 0.3) is 0 Å². The van der Waals surface area contributed by atoms with Crippen LogP contribution in [0.25, 0.3) is 0 Å². The number of hydrogen-bond donors (Lipinski definition) is 1. The van der Waals surface area contributed by atoms with Crippen LogP contribution in [-0.4, -0.2) is 39.5 Å². The van der Waals surface area contributed by atoms with Gasteiger partial charge in [-0.3, -0.25) is 0 Å². The van der Waals surface area contributed by atoms with Gasteiger partial charge in [0.15, 0.2) is 0 Å². The van der Waals surface area contributed by atoms with Crippen molar-refractivity contribution in [2.24, 2.45) is 5.92 Å². The lowest BCUT2D eigenvalue weighted by Gasteiger charge is -2.29. The number of rotatable bonds is 6. The fourth-order valence-electron chi connectivity index (χ4n) is 2.62. The predicted octanol–water partition coefficient (Wildman–Crippen LogP) is 2.85. The summed E-state index contributed by atoms with van der Waals surface area (Å²) in [6.45, 7) is 5.82. The van der Waals surface area contributed by atoms with Gasteiger partial charge in [0.2, 0.25) is 10.0 Å². The minimum atomic E-state index is -3.42. The van der Waals surface area contributed by atoms with Crippen LogP contribution in [0.5, 0.6) is 0 Å². The van der Waals surface area contributed by atoms with Gasteiger partial charge in [-0.1, -0.05) is 35.3 Å². The summed E-state index contributed by atoms with van der Waals surface area (Å²) < 4.78 is 28.0. The first-order chi connectivity index (χ1) is 9.97. The Balaban J connectivity index is 1.86. The van der Waals surface area contributed by atoms with E-state index in [1.165, 1.54) is 19.3 Å². The van der Waals surface area contributed by atoms with Gasteiger partial charge < -0.3 is 4.90 Å². The number of hydrogen-bond acceptors (Lipinski definition) is 3. The molecule has 1 unspecified atom stereocenters. The smallest absolute Gasteiger partial charge is 0.240 e. The van der Waals surface area contributed by atoms with Gasteiger partial charge in [0.05, 0.1) is 4.90 Å². The highest BCUT2D eigenvalue weighted by Gasteiger charge is 2.17. The lowest BCUT2D eigenvalue weighted by atomic mass is 10.1. The monoisotopic (exact) mass is 374 g/mol. The average Bonchev–Trinajstić information content (AvgIpc) is 2.46. The van der Waals surface area contributed by atoms with E-state index in [1.54, 1.807) is 18.2 Å². The van der Waals surface area contributed by atoms with Gasteiger partial charge in [0, 0.05) is 17.6 Å². The Morgan fingerprint density at radius 1 is 1.29 bits per heavy atom. The molecule has 6 heteroatoms. The molecule has 1 aliphatic heterocycles. The van der Waals surface area contributed by atoms with Gasteiger partial charge >= 0.3 is 0 Å². The summed E-state index contributed by atoms with van der Waals surface area (Å²) in [5, 5.41) is 0.